The van der Waals surface area contributed by atoms with Gasteiger partial charge in [-0.1, -0.05) is 0 Å². The zero-order valence-electron chi connectivity index (χ0n) is 9.46. The van der Waals surface area contributed by atoms with Crippen molar-refractivity contribution >= 4 is 5.91 Å². The number of rotatable bonds is 5. The van der Waals surface area contributed by atoms with Gasteiger partial charge < -0.3 is 10.2 Å². The summed E-state index contributed by atoms with van der Waals surface area (Å²) in [5.41, 5.74) is 0. The highest BCUT2D eigenvalue weighted by molar-refractivity contribution is 5.76. The Hall–Kier alpha value is -1.01. The molecule has 1 rings (SSSR count). The molecule has 3 heteroatoms. The Labute approximate surface area is 92.2 Å². The molecule has 3 nitrogen and oxygen atoms in total. The molecule has 1 fully saturated rings. The van der Waals surface area contributed by atoms with Crippen LogP contribution in [0.1, 0.15) is 32.1 Å². The Kier molecular flexibility index (Phi) is 5.20. The molecular formula is C12H20N2O. The highest BCUT2D eigenvalue weighted by Crippen LogP contribution is 2.09. The maximum atomic E-state index is 11.7. The van der Waals surface area contributed by atoms with Gasteiger partial charge in [-0.15, -0.1) is 12.3 Å². The van der Waals surface area contributed by atoms with E-state index in [9.17, 15) is 4.79 Å². The first-order chi connectivity index (χ1) is 7.25. The highest BCUT2D eigenvalue weighted by atomic mass is 16.2. The Bertz CT molecular complexity index is 238. The molecule has 1 atom stereocenters. The second-order valence-electron chi connectivity index (χ2n) is 4.06. The molecule has 1 heterocycles. The largest absolute Gasteiger partial charge is 0.341 e. The molecule has 0 bridgehead atoms. The minimum Gasteiger partial charge on any atom is -0.341 e. The molecule has 1 N–H and O–H groups in total. The molecule has 0 aromatic heterocycles. The first-order valence-electron chi connectivity index (χ1n) is 5.65. The van der Waals surface area contributed by atoms with Crippen LogP contribution < -0.4 is 5.32 Å². The lowest BCUT2D eigenvalue weighted by atomic mass is 10.1. The van der Waals surface area contributed by atoms with Gasteiger partial charge in [-0.3, -0.25) is 4.79 Å². The molecule has 84 valence electrons. The lowest BCUT2D eigenvalue weighted by Gasteiger charge is -2.23. The van der Waals surface area contributed by atoms with E-state index in [0.29, 0.717) is 12.5 Å². The molecule has 0 radical (unpaired) electrons. The van der Waals surface area contributed by atoms with Crippen molar-refractivity contribution in [2.75, 3.05) is 20.1 Å². The molecule has 1 amide bonds. The molecule has 0 spiro atoms. The number of nitrogens with zero attached hydrogens (tertiary/aromatic N) is 1. The predicted octanol–water partition coefficient (Wildman–Crippen LogP) is 1.00. The lowest BCUT2D eigenvalue weighted by molar-refractivity contribution is -0.131. The minimum atomic E-state index is 0.251. The van der Waals surface area contributed by atoms with Crippen LogP contribution in [-0.4, -0.2) is 37.0 Å². The van der Waals surface area contributed by atoms with Gasteiger partial charge >= 0.3 is 0 Å². The zero-order chi connectivity index (χ0) is 11.1. The Morgan fingerprint density at radius 3 is 3.00 bits per heavy atom. The molecule has 1 aliphatic rings. The quantitative estimate of drug-likeness (QED) is 0.540. The summed E-state index contributed by atoms with van der Waals surface area (Å²) in [6.07, 6.45) is 9.51. The summed E-state index contributed by atoms with van der Waals surface area (Å²) >= 11 is 0. The van der Waals surface area contributed by atoms with Crippen LogP contribution in [0.25, 0.3) is 0 Å². The monoisotopic (exact) mass is 208 g/mol. The van der Waals surface area contributed by atoms with Gasteiger partial charge in [-0.2, -0.15) is 0 Å². The van der Waals surface area contributed by atoms with Crippen LogP contribution in [0.4, 0.5) is 0 Å². The van der Waals surface area contributed by atoms with E-state index in [2.05, 4.69) is 11.2 Å². The Morgan fingerprint density at radius 1 is 1.60 bits per heavy atom. The van der Waals surface area contributed by atoms with Crippen LogP contribution in [0.2, 0.25) is 0 Å². The molecule has 0 aromatic rings. The van der Waals surface area contributed by atoms with Gasteiger partial charge in [-0.25, -0.2) is 0 Å². The van der Waals surface area contributed by atoms with Gasteiger partial charge in [0.25, 0.3) is 0 Å². The second-order valence-corrected chi connectivity index (χ2v) is 4.06. The number of likely N-dealkylation sites (N-methyl/N-ethyl adjacent to an activating group) is 1. The average molecular weight is 208 g/mol. The fourth-order valence-corrected chi connectivity index (χ4v) is 1.85. The van der Waals surface area contributed by atoms with Gasteiger partial charge in [0.1, 0.15) is 0 Å². The highest BCUT2D eigenvalue weighted by Gasteiger charge is 2.22. The summed E-state index contributed by atoms with van der Waals surface area (Å²) in [5, 5.41) is 3.26. The maximum absolute atomic E-state index is 11.7. The van der Waals surface area contributed by atoms with Crippen molar-refractivity contribution in [1.29, 1.82) is 0 Å². The van der Waals surface area contributed by atoms with E-state index < -0.39 is 0 Å². The molecule has 0 saturated carbocycles. The van der Waals surface area contributed by atoms with Crippen LogP contribution in [-0.2, 0) is 4.79 Å². The van der Waals surface area contributed by atoms with Gasteiger partial charge in [-0.05, 0) is 25.8 Å². The van der Waals surface area contributed by atoms with Crippen LogP contribution in [0, 0.1) is 12.3 Å². The normalized spacial score (nSPS) is 19.9. The van der Waals surface area contributed by atoms with Crippen molar-refractivity contribution in [3.05, 3.63) is 0 Å². The molecular weight excluding hydrogens is 188 g/mol. The van der Waals surface area contributed by atoms with Crippen molar-refractivity contribution < 1.29 is 4.79 Å². The van der Waals surface area contributed by atoms with Crippen molar-refractivity contribution in [2.45, 2.75) is 38.1 Å². The number of hydrogen-bond acceptors (Lipinski definition) is 2. The number of terminal acetylenes is 1. The number of carbonyl (C=O) groups excluding carboxylic acids is 1. The van der Waals surface area contributed by atoms with Crippen LogP contribution in [0.5, 0.6) is 0 Å². The van der Waals surface area contributed by atoms with Crippen molar-refractivity contribution in [1.82, 2.24) is 10.2 Å². The van der Waals surface area contributed by atoms with Crippen LogP contribution >= 0.6 is 0 Å². The van der Waals surface area contributed by atoms with Gasteiger partial charge in [0.15, 0.2) is 0 Å². The molecule has 1 aliphatic heterocycles. The minimum absolute atomic E-state index is 0.251. The van der Waals surface area contributed by atoms with Crippen molar-refractivity contribution in [3.63, 3.8) is 0 Å². The summed E-state index contributed by atoms with van der Waals surface area (Å²) in [4.78, 5) is 13.6. The zero-order valence-corrected chi connectivity index (χ0v) is 9.46. The fraction of sp³-hybridized carbons (Fsp3) is 0.750. The predicted molar refractivity (Wildman–Crippen MR) is 61.3 cm³/mol. The smallest absolute Gasteiger partial charge is 0.222 e. The van der Waals surface area contributed by atoms with Gasteiger partial charge in [0, 0.05) is 32.5 Å². The third kappa shape index (κ3) is 3.93. The van der Waals surface area contributed by atoms with Crippen LogP contribution in [0.15, 0.2) is 0 Å². The summed E-state index contributed by atoms with van der Waals surface area (Å²) in [7, 11) is 1.90. The van der Waals surface area contributed by atoms with Crippen molar-refractivity contribution in [3.8, 4) is 12.3 Å². The molecule has 0 aliphatic carbocycles. The third-order valence-electron chi connectivity index (χ3n) is 2.94. The van der Waals surface area contributed by atoms with E-state index in [0.717, 1.165) is 38.8 Å². The molecule has 1 unspecified atom stereocenters. The third-order valence-corrected chi connectivity index (χ3v) is 2.94. The maximum Gasteiger partial charge on any atom is 0.222 e. The second kappa shape index (κ2) is 6.47. The average Bonchev–Trinajstić information content (AvgIpc) is 2.76. The van der Waals surface area contributed by atoms with Crippen LogP contribution in [0.3, 0.4) is 0 Å². The molecule has 1 saturated heterocycles. The first-order valence-corrected chi connectivity index (χ1v) is 5.65. The first kappa shape index (κ1) is 12.1. The molecule has 15 heavy (non-hydrogen) atoms. The van der Waals surface area contributed by atoms with E-state index in [1.165, 1.54) is 0 Å². The number of nitrogens with one attached hydrogen (secondary N) is 1. The number of amides is 1. The van der Waals surface area contributed by atoms with Crippen molar-refractivity contribution in [2.24, 2.45) is 0 Å². The fourth-order valence-electron chi connectivity index (χ4n) is 1.85. The standard InChI is InChI=1S/C12H20N2O/c1-3-4-5-6-7-12(15)14(2)11-8-9-13-10-11/h1,11,13H,4-10H2,2H3. The Balaban J connectivity index is 2.18. The number of carbonyl (C=O) groups is 1. The Morgan fingerprint density at radius 2 is 2.40 bits per heavy atom. The topological polar surface area (TPSA) is 32.3 Å². The number of hydrogen-bond donors (Lipinski definition) is 1. The van der Waals surface area contributed by atoms with Gasteiger partial charge in [0.05, 0.1) is 0 Å². The SMILES string of the molecule is C#CCCCCC(=O)N(C)C1CCNC1. The van der Waals surface area contributed by atoms with E-state index in [4.69, 9.17) is 6.42 Å². The van der Waals surface area contributed by atoms with E-state index >= 15 is 0 Å². The van der Waals surface area contributed by atoms with E-state index in [-0.39, 0.29) is 5.91 Å². The summed E-state index contributed by atoms with van der Waals surface area (Å²) in [5.74, 6) is 2.84. The van der Waals surface area contributed by atoms with E-state index in [1.54, 1.807) is 0 Å². The summed E-state index contributed by atoms with van der Waals surface area (Å²) in [6, 6.07) is 0.394. The van der Waals surface area contributed by atoms with E-state index in [1.807, 2.05) is 11.9 Å². The molecule has 0 aromatic carbocycles. The van der Waals surface area contributed by atoms with Gasteiger partial charge in [0.2, 0.25) is 5.91 Å². The number of unbranched alkanes of at least 4 members (excludes halogenated alkanes) is 2. The lowest BCUT2D eigenvalue weighted by Crippen LogP contribution is -2.38. The summed E-state index contributed by atoms with van der Waals surface area (Å²) < 4.78 is 0. The summed E-state index contributed by atoms with van der Waals surface area (Å²) in [6.45, 7) is 1.96.